The van der Waals surface area contributed by atoms with Crippen molar-refractivity contribution < 1.29 is 29.0 Å². The quantitative estimate of drug-likeness (QED) is 0.346. The van der Waals surface area contributed by atoms with Crippen LogP contribution in [0.15, 0.2) is 48.6 Å². The summed E-state index contributed by atoms with van der Waals surface area (Å²) in [5, 5.41) is 13.7. The highest BCUT2D eigenvalue weighted by Gasteiger charge is 2.61. The first-order valence-electron chi connectivity index (χ1n) is 16.4. The van der Waals surface area contributed by atoms with Crippen molar-refractivity contribution in [1.82, 2.24) is 25.1 Å². The van der Waals surface area contributed by atoms with Gasteiger partial charge in [-0.1, -0.05) is 32.1 Å². The minimum atomic E-state index is -1.36. The summed E-state index contributed by atoms with van der Waals surface area (Å²) in [5.74, 6) is -0.346. The molecule has 0 spiro atoms. The van der Waals surface area contributed by atoms with Gasteiger partial charge in [-0.3, -0.25) is 9.78 Å². The monoisotopic (exact) mass is 641 g/mol. The summed E-state index contributed by atoms with van der Waals surface area (Å²) in [5.41, 5.74) is 2.48. The van der Waals surface area contributed by atoms with Gasteiger partial charge in [0, 0.05) is 48.6 Å². The SMILES string of the molecule is COc1ccc2c(O[C@@H]3C[C@H]4C(=O)N[C@]5(C(=O)O)C[C@H]5/C=C\CCCCN(C)C(=O)N4C3)cc(-c3cccc(C(C)C)n3)nc2c1C. The van der Waals surface area contributed by atoms with Crippen LogP contribution in [0, 0.1) is 12.8 Å². The standard InChI is InChI=1S/C36H43N5O6/c1-21(2)26-12-10-13-27(37-26)28-18-31(25-14-15-30(46-5)22(3)32(25)38-28)47-24-17-29-33(42)39-36(34(43)44)19-23(36)11-8-6-7-9-16-40(4)35(45)41(29)20-24/h8,10-15,18,21,23-24,29H,6-7,9,16-17,19-20H2,1-5H3,(H,39,42)(H,43,44)/b11-8-/t23-,24-,29+,36-/m1/s1. The van der Waals surface area contributed by atoms with Crippen molar-refractivity contribution in [1.29, 1.82) is 0 Å². The Morgan fingerprint density at radius 1 is 1.11 bits per heavy atom. The summed E-state index contributed by atoms with van der Waals surface area (Å²) in [6.07, 6.45) is 6.34. The van der Waals surface area contributed by atoms with E-state index in [2.05, 4.69) is 19.2 Å². The average molecular weight is 642 g/mol. The molecular formula is C36H43N5O6. The van der Waals surface area contributed by atoms with E-state index in [9.17, 15) is 19.5 Å². The molecule has 2 aliphatic heterocycles. The summed E-state index contributed by atoms with van der Waals surface area (Å²) in [7, 11) is 3.36. The van der Waals surface area contributed by atoms with Gasteiger partial charge in [-0.2, -0.15) is 0 Å². The number of carboxylic acids is 1. The molecule has 2 N–H and O–H groups in total. The molecule has 248 valence electrons. The summed E-state index contributed by atoms with van der Waals surface area (Å²) in [6, 6.07) is 10.3. The van der Waals surface area contributed by atoms with Crippen molar-refractivity contribution in [2.75, 3.05) is 27.2 Å². The first-order chi connectivity index (χ1) is 22.5. The third kappa shape index (κ3) is 6.23. The second-order valence-corrected chi connectivity index (χ2v) is 13.2. The fourth-order valence-electron chi connectivity index (χ4n) is 6.72. The lowest BCUT2D eigenvalue weighted by Crippen LogP contribution is -2.54. The largest absolute Gasteiger partial charge is 0.496 e. The second kappa shape index (κ2) is 12.8. The number of allylic oxidation sites excluding steroid dienone is 1. The zero-order valence-electron chi connectivity index (χ0n) is 27.7. The molecule has 1 aliphatic carbocycles. The van der Waals surface area contributed by atoms with Gasteiger partial charge in [-0.15, -0.1) is 0 Å². The number of nitrogens with zero attached hydrogens (tertiary/aromatic N) is 4. The molecule has 0 bridgehead atoms. The van der Waals surface area contributed by atoms with Crippen molar-refractivity contribution >= 4 is 28.8 Å². The van der Waals surface area contributed by atoms with Crippen LogP contribution in [0.4, 0.5) is 4.79 Å². The number of urea groups is 1. The number of hydrogen-bond acceptors (Lipinski definition) is 7. The molecular weight excluding hydrogens is 598 g/mol. The number of rotatable bonds is 6. The zero-order valence-corrected chi connectivity index (χ0v) is 27.7. The molecule has 3 aliphatic rings. The summed E-state index contributed by atoms with van der Waals surface area (Å²) >= 11 is 0. The van der Waals surface area contributed by atoms with E-state index in [0.29, 0.717) is 41.4 Å². The highest BCUT2D eigenvalue weighted by Crippen LogP contribution is 2.45. The molecule has 2 fully saturated rings. The fourth-order valence-corrected chi connectivity index (χ4v) is 6.72. The van der Waals surface area contributed by atoms with Crippen LogP contribution in [-0.4, -0.2) is 87.7 Å². The smallest absolute Gasteiger partial charge is 0.330 e. The van der Waals surface area contributed by atoms with Crippen LogP contribution in [0.25, 0.3) is 22.3 Å². The maximum absolute atomic E-state index is 13.8. The number of ether oxygens (including phenoxy) is 2. The number of benzene rings is 1. The summed E-state index contributed by atoms with van der Waals surface area (Å²) in [4.78, 5) is 52.9. The number of carbonyl (C=O) groups is 3. The lowest BCUT2D eigenvalue weighted by atomic mass is 10.1. The second-order valence-electron chi connectivity index (χ2n) is 13.2. The van der Waals surface area contributed by atoms with Crippen LogP contribution >= 0.6 is 0 Å². The molecule has 4 heterocycles. The Balaban J connectivity index is 1.36. The first kappa shape index (κ1) is 32.3. The van der Waals surface area contributed by atoms with Gasteiger partial charge in [0.25, 0.3) is 0 Å². The van der Waals surface area contributed by atoms with E-state index in [4.69, 9.17) is 19.4 Å². The number of fused-ring (bicyclic) bond motifs is 3. The molecule has 4 atom stereocenters. The van der Waals surface area contributed by atoms with Crippen LogP contribution in [0.1, 0.15) is 63.1 Å². The van der Waals surface area contributed by atoms with Crippen molar-refractivity contribution in [2.45, 2.75) is 76.5 Å². The number of methoxy groups -OCH3 is 1. The van der Waals surface area contributed by atoms with Gasteiger partial charge in [0.1, 0.15) is 29.2 Å². The third-order valence-corrected chi connectivity index (χ3v) is 9.65. The summed E-state index contributed by atoms with van der Waals surface area (Å²) < 4.78 is 12.3. The van der Waals surface area contributed by atoms with Gasteiger partial charge in [0.2, 0.25) is 5.91 Å². The molecule has 2 aromatic heterocycles. The van der Waals surface area contributed by atoms with Crippen molar-refractivity contribution in [3.63, 3.8) is 0 Å². The van der Waals surface area contributed by atoms with Crippen molar-refractivity contribution in [2.24, 2.45) is 5.92 Å². The fraction of sp³-hybridized carbons (Fsp3) is 0.472. The van der Waals surface area contributed by atoms with Crippen LogP contribution < -0.4 is 14.8 Å². The average Bonchev–Trinajstić information content (AvgIpc) is 3.59. The number of carbonyl (C=O) groups excluding carboxylic acids is 2. The molecule has 1 aromatic carbocycles. The Bertz CT molecular complexity index is 1740. The first-order valence-corrected chi connectivity index (χ1v) is 16.4. The van der Waals surface area contributed by atoms with E-state index in [1.807, 2.05) is 55.5 Å². The van der Waals surface area contributed by atoms with Crippen LogP contribution in [-0.2, 0) is 9.59 Å². The lowest BCUT2D eigenvalue weighted by Gasteiger charge is -2.29. The van der Waals surface area contributed by atoms with Gasteiger partial charge in [-0.25, -0.2) is 14.6 Å². The van der Waals surface area contributed by atoms with Gasteiger partial charge in [0.05, 0.1) is 30.6 Å². The predicted molar refractivity (Wildman–Crippen MR) is 178 cm³/mol. The number of aryl methyl sites for hydroxylation is 1. The number of aromatic nitrogens is 2. The molecule has 11 nitrogen and oxygen atoms in total. The molecule has 11 heteroatoms. The highest BCUT2D eigenvalue weighted by molar-refractivity contribution is 5.95. The number of nitrogens with one attached hydrogen (secondary N) is 1. The van der Waals surface area contributed by atoms with Gasteiger partial charge in [-0.05, 0) is 62.8 Å². The molecule has 1 saturated carbocycles. The zero-order chi connectivity index (χ0) is 33.5. The minimum absolute atomic E-state index is 0.167. The number of hydrogen-bond donors (Lipinski definition) is 2. The summed E-state index contributed by atoms with van der Waals surface area (Å²) in [6.45, 7) is 6.84. The van der Waals surface area contributed by atoms with E-state index < -0.39 is 29.6 Å². The number of aliphatic carboxylic acids is 1. The predicted octanol–water partition coefficient (Wildman–Crippen LogP) is 5.31. The normalized spacial score (nSPS) is 25.5. The highest BCUT2D eigenvalue weighted by atomic mass is 16.5. The lowest BCUT2D eigenvalue weighted by molar-refractivity contribution is -0.144. The van der Waals surface area contributed by atoms with Gasteiger partial charge >= 0.3 is 12.0 Å². The Morgan fingerprint density at radius 3 is 2.66 bits per heavy atom. The number of pyridine rings is 2. The van der Waals surface area contributed by atoms with E-state index in [1.54, 1.807) is 19.1 Å². The minimum Gasteiger partial charge on any atom is -0.496 e. The van der Waals surface area contributed by atoms with Crippen LogP contribution in [0.2, 0.25) is 0 Å². The molecule has 1 saturated heterocycles. The van der Waals surface area contributed by atoms with Crippen LogP contribution in [0.3, 0.4) is 0 Å². The van der Waals surface area contributed by atoms with Crippen LogP contribution in [0.5, 0.6) is 11.5 Å². The van der Waals surface area contributed by atoms with Crippen molar-refractivity contribution in [3.8, 4) is 22.9 Å². The molecule has 6 rings (SSSR count). The molecule has 3 amide bonds. The topological polar surface area (TPSA) is 134 Å². The van der Waals surface area contributed by atoms with Crippen molar-refractivity contribution in [3.05, 3.63) is 59.8 Å². The molecule has 0 unspecified atom stereocenters. The Hall–Kier alpha value is -4.67. The maximum atomic E-state index is 13.8. The van der Waals surface area contributed by atoms with Gasteiger partial charge in [0.15, 0.2) is 0 Å². The number of amides is 3. The van der Waals surface area contributed by atoms with E-state index in [-0.39, 0.29) is 30.8 Å². The maximum Gasteiger partial charge on any atom is 0.330 e. The molecule has 47 heavy (non-hydrogen) atoms. The Kier molecular flexibility index (Phi) is 8.82. The third-order valence-electron chi connectivity index (χ3n) is 9.65. The molecule has 0 radical (unpaired) electrons. The van der Waals surface area contributed by atoms with E-state index in [1.165, 1.54) is 4.90 Å². The van der Waals surface area contributed by atoms with E-state index >= 15 is 0 Å². The van der Waals surface area contributed by atoms with E-state index in [0.717, 1.165) is 35.9 Å². The molecule has 3 aromatic rings. The number of carboxylic acid groups (broad SMARTS) is 1. The Labute approximate surface area is 275 Å². The van der Waals surface area contributed by atoms with Gasteiger partial charge < -0.3 is 29.7 Å². The Morgan fingerprint density at radius 2 is 1.91 bits per heavy atom.